The van der Waals surface area contributed by atoms with Crippen LogP contribution in [0.25, 0.3) is 0 Å². The van der Waals surface area contributed by atoms with Gasteiger partial charge in [-0.05, 0) is 0 Å². The molecule has 3 saturated carbocycles. The van der Waals surface area contributed by atoms with Gasteiger partial charge in [-0.1, -0.05) is 0 Å². The zero-order valence-corrected chi connectivity index (χ0v) is 18.1. The summed E-state index contributed by atoms with van der Waals surface area (Å²) in [6, 6.07) is 0. The van der Waals surface area contributed by atoms with Crippen molar-refractivity contribution in [1.82, 2.24) is 0 Å². The second kappa shape index (κ2) is 8.77. The summed E-state index contributed by atoms with van der Waals surface area (Å²) in [5.41, 5.74) is 0.800. The van der Waals surface area contributed by atoms with Gasteiger partial charge in [0.15, 0.2) is 0 Å². The molecular formula is C21H38Sn. The molecule has 22 heavy (non-hydrogen) atoms. The van der Waals surface area contributed by atoms with Gasteiger partial charge in [0.1, 0.15) is 0 Å². The summed E-state index contributed by atoms with van der Waals surface area (Å²) in [4.78, 5) is 0. The van der Waals surface area contributed by atoms with Crippen molar-refractivity contribution in [3.63, 3.8) is 0 Å². The molecule has 126 valence electrons. The van der Waals surface area contributed by atoms with E-state index in [-0.39, 0.29) is 0 Å². The summed E-state index contributed by atoms with van der Waals surface area (Å²) in [6.07, 6.45) is 25.1. The third kappa shape index (κ3) is 3.72. The number of rotatable bonds is 8. The number of hydrogen-bond donors (Lipinski definition) is 0. The number of hydrogen-bond acceptors (Lipinski definition) is 0. The molecule has 0 amide bonds. The Labute approximate surface area is 152 Å². The first-order valence-electron chi connectivity index (χ1n) is 10.6. The third-order valence-corrected chi connectivity index (χ3v) is 8.82. The van der Waals surface area contributed by atoms with Gasteiger partial charge < -0.3 is 0 Å². The molecule has 0 heterocycles. The predicted molar refractivity (Wildman–Crippen MR) is 98.7 cm³/mol. The summed E-state index contributed by atoms with van der Waals surface area (Å²) in [5, 5.41) is 0. The molecule has 3 rings (SSSR count). The molecule has 0 saturated heterocycles. The van der Waals surface area contributed by atoms with E-state index in [4.69, 9.17) is 0 Å². The molecule has 3 aliphatic rings. The molecule has 0 aromatic heterocycles. The Bertz CT molecular complexity index is 265. The molecule has 0 N–H and O–H groups in total. The summed E-state index contributed by atoms with van der Waals surface area (Å²) in [6.45, 7) is 0. The van der Waals surface area contributed by atoms with Crippen LogP contribution in [0.2, 0.25) is 4.44 Å². The standard InChI is InChI=1S/C21H37.Sn.H/c1-2-3-10-17-21(18-11-4-5-12-18,19-13-6-7-14-19)20-15-8-9-16-20;;/h18-20H,1-17H2;;. The first-order chi connectivity index (χ1) is 10.9. The molecule has 0 aromatic rings. The molecule has 0 unspecified atom stereocenters. The molecule has 0 bridgehead atoms. The van der Waals surface area contributed by atoms with Crippen molar-refractivity contribution in [2.45, 2.75) is 107 Å². The van der Waals surface area contributed by atoms with Crippen LogP contribution in [0.3, 0.4) is 0 Å². The monoisotopic (exact) mass is 410 g/mol. The Morgan fingerprint density at radius 1 is 0.591 bits per heavy atom. The maximum absolute atomic E-state index is 1.62. The van der Waals surface area contributed by atoms with Gasteiger partial charge in [0.25, 0.3) is 0 Å². The fourth-order valence-electron chi connectivity index (χ4n) is 6.75. The minimum absolute atomic E-state index is 0.800. The van der Waals surface area contributed by atoms with Gasteiger partial charge in [0, 0.05) is 0 Å². The van der Waals surface area contributed by atoms with E-state index in [1.165, 1.54) is 39.8 Å². The minimum atomic E-state index is 0.800. The topological polar surface area (TPSA) is 0 Å². The molecular weight excluding hydrogens is 371 g/mol. The molecule has 3 aliphatic carbocycles. The van der Waals surface area contributed by atoms with Gasteiger partial charge in [-0.15, -0.1) is 0 Å². The quantitative estimate of drug-likeness (QED) is 0.321. The SMILES string of the molecule is [SnH][CH2]CCCCC(C1CCCC1)(C1CCCC1)C1CCCC1. The van der Waals surface area contributed by atoms with E-state index >= 15 is 0 Å². The van der Waals surface area contributed by atoms with Gasteiger partial charge >= 0.3 is 153 Å². The Balaban J connectivity index is 1.78. The first-order valence-corrected chi connectivity index (χ1v) is 12.9. The van der Waals surface area contributed by atoms with Crippen LogP contribution in [0.4, 0.5) is 0 Å². The fourth-order valence-corrected chi connectivity index (χ4v) is 7.58. The molecule has 1 heteroatoms. The van der Waals surface area contributed by atoms with Crippen molar-refractivity contribution in [3.8, 4) is 0 Å². The van der Waals surface area contributed by atoms with Gasteiger partial charge in [-0.2, -0.15) is 0 Å². The third-order valence-electron chi connectivity index (χ3n) is 7.66. The van der Waals surface area contributed by atoms with E-state index in [2.05, 4.69) is 0 Å². The van der Waals surface area contributed by atoms with Crippen LogP contribution in [0, 0.1) is 23.2 Å². The van der Waals surface area contributed by atoms with Gasteiger partial charge in [-0.25, -0.2) is 0 Å². The summed E-state index contributed by atoms with van der Waals surface area (Å²) < 4.78 is 1.52. The Hall–Kier alpha value is 0.799. The van der Waals surface area contributed by atoms with Crippen LogP contribution in [0.1, 0.15) is 103 Å². The van der Waals surface area contributed by atoms with Gasteiger partial charge in [0.2, 0.25) is 0 Å². The molecule has 0 spiro atoms. The summed E-state index contributed by atoms with van der Waals surface area (Å²) >= 11 is 1.48. The summed E-state index contributed by atoms with van der Waals surface area (Å²) in [7, 11) is 0. The molecule has 0 aliphatic heterocycles. The zero-order valence-electron chi connectivity index (χ0n) is 14.8. The molecule has 0 nitrogen and oxygen atoms in total. The zero-order chi connectivity index (χ0) is 15.3. The predicted octanol–water partition coefficient (Wildman–Crippen LogP) is 6.42. The van der Waals surface area contributed by atoms with Crippen molar-refractivity contribution in [3.05, 3.63) is 0 Å². The van der Waals surface area contributed by atoms with Gasteiger partial charge in [-0.3, -0.25) is 0 Å². The Kier molecular flexibility index (Phi) is 7.02. The average molecular weight is 409 g/mol. The van der Waals surface area contributed by atoms with Crippen molar-refractivity contribution < 1.29 is 0 Å². The van der Waals surface area contributed by atoms with Crippen molar-refractivity contribution in [2.24, 2.45) is 23.2 Å². The second-order valence-corrected chi connectivity index (χ2v) is 10.3. The van der Waals surface area contributed by atoms with E-state index < -0.39 is 0 Å². The molecule has 2 radical (unpaired) electrons. The van der Waals surface area contributed by atoms with Crippen LogP contribution in [0.5, 0.6) is 0 Å². The Morgan fingerprint density at radius 2 is 1.00 bits per heavy atom. The van der Waals surface area contributed by atoms with E-state index in [1.54, 1.807) is 89.9 Å². The Morgan fingerprint density at radius 3 is 1.36 bits per heavy atom. The van der Waals surface area contributed by atoms with Crippen molar-refractivity contribution in [1.29, 1.82) is 0 Å². The molecule has 0 atom stereocenters. The van der Waals surface area contributed by atoms with Crippen LogP contribution < -0.4 is 0 Å². The number of unbranched alkanes of at least 4 members (excludes halogenated alkanes) is 2. The van der Waals surface area contributed by atoms with Crippen LogP contribution in [-0.4, -0.2) is 22.5 Å². The van der Waals surface area contributed by atoms with Crippen LogP contribution in [0.15, 0.2) is 0 Å². The summed E-state index contributed by atoms with van der Waals surface area (Å²) in [5.74, 6) is 3.36. The van der Waals surface area contributed by atoms with Crippen LogP contribution >= 0.6 is 0 Å². The van der Waals surface area contributed by atoms with E-state index in [0.29, 0.717) is 0 Å². The van der Waals surface area contributed by atoms with Crippen LogP contribution in [-0.2, 0) is 0 Å². The van der Waals surface area contributed by atoms with Crippen molar-refractivity contribution in [2.75, 3.05) is 0 Å². The van der Waals surface area contributed by atoms with E-state index in [1.807, 2.05) is 0 Å². The normalized spacial score (nSPS) is 25.5. The maximum atomic E-state index is 1.62. The second-order valence-electron chi connectivity index (χ2n) is 8.66. The van der Waals surface area contributed by atoms with E-state index in [0.717, 1.165) is 23.2 Å². The van der Waals surface area contributed by atoms with E-state index in [9.17, 15) is 0 Å². The molecule has 0 aromatic carbocycles. The molecule has 3 fully saturated rings. The van der Waals surface area contributed by atoms with Crippen molar-refractivity contribution >= 4 is 22.5 Å². The van der Waals surface area contributed by atoms with Gasteiger partial charge in [0.05, 0.1) is 0 Å². The average Bonchev–Trinajstić information content (AvgIpc) is 3.29. The first kappa shape index (κ1) is 17.6. The fraction of sp³-hybridized carbons (Fsp3) is 1.00.